The molecule has 1 saturated carbocycles. The topological polar surface area (TPSA) is 98.1 Å². The van der Waals surface area contributed by atoms with Gasteiger partial charge in [-0.25, -0.2) is 18.7 Å². The van der Waals surface area contributed by atoms with Gasteiger partial charge in [0.2, 0.25) is 0 Å². The van der Waals surface area contributed by atoms with Gasteiger partial charge in [-0.1, -0.05) is 12.1 Å². The number of nitrogens with zero attached hydrogens (tertiary/aromatic N) is 6. The molecule has 1 aliphatic carbocycles. The summed E-state index contributed by atoms with van der Waals surface area (Å²) in [6.45, 7) is 3.16. The van der Waals surface area contributed by atoms with Crippen LogP contribution in [0.2, 0.25) is 0 Å². The molecule has 1 aromatic carbocycles. The van der Waals surface area contributed by atoms with Crippen LogP contribution in [0.3, 0.4) is 0 Å². The summed E-state index contributed by atoms with van der Waals surface area (Å²) in [5.74, 6) is 0.785. The Morgan fingerprint density at radius 2 is 2.03 bits per heavy atom. The van der Waals surface area contributed by atoms with Crippen LogP contribution in [0.1, 0.15) is 65.2 Å². The fourth-order valence-corrected chi connectivity index (χ4v) is 5.12. The Morgan fingerprint density at radius 3 is 2.65 bits per heavy atom. The predicted octanol–water partition coefficient (Wildman–Crippen LogP) is 3.26. The molecule has 1 N–H and O–H groups in total. The second kappa shape index (κ2) is 8.91. The van der Waals surface area contributed by atoms with E-state index in [1.54, 1.807) is 42.8 Å². The largest absolute Gasteiger partial charge is 0.379 e. The lowest BCUT2D eigenvalue weighted by atomic mass is 9.74. The summed E-state index contributed by atoms with van der Waals surface area (Å²) in [4.78, 5) is 24.4. The minimum atomic E-state index is -1.42. The highest BCUT2D eigenvalue weighted by Gasteiger charge is 2.50. The number of benzene rings is 1. The molecule has 0 unspecified atom stereocenters. The quantitative estimate of drug-likeness (QED) is 0.498. The fraction of sp³-hybridized carbons (Fsp3) is 0.500. The number of ether oxygens (including phenoxy) is 1. The lowest BCUT2D eigenvalue weighted by Gasteiger charge is -2.43. The van der Waals surface area contributed by atoms with E-state index in [1.807, 2.05) is 11.0 Å². The summed E-state index contributed by atoms with van der Waals surface area (Å²) in [6, 6.07) is 8.83. The maximum atomic E-state index is 15.7. The van der Waals surface area contributed by atoms with Gasteiger partial charge in [0.15, 0.2) is 12.0 Å². The summed E-state index contributed by atoms with van der Waals surface area (Å²) in [6.07, 6.45) is 2.05. The van der Waals surface area contributed by atoms with E-state index in [9.17, 15) is 9.18 Å². The Balaban J connectivity index is 1.22. The molecule has 2 aliphatic heterocycles. The molecule has 3 aliphatic rings. The Bertz CT molecular complexity index is 1330. The van der Waals surface area contributed by atoms with Crippen molar-refractivity contribution in [2.24, 2.45) is 7.05 Å². The summed E-state index contributed by atoms with van der Waals surface area (Å²) in [7, 11) is 1.70. The number of anilines is 1. The number of aryl methyl sites for hydroxylation is 1. The molecule has 0 bridgehead atoms. The number of hydrogen-bond acceptors (Lipinski definition) is 7. The zero-order valence-corrected chi connectivity index (χ0v) is 20.8. The Morgan fingerprint density at radius 1 is 1.24 bits per heavy atom. The van der Waals surface area contributed by atoms with Gasteiger partial charge in [-0.15, -0.1) is 10.2 Å². The molecule has 1 amide bonds. The lowest BCUT2D eigenvalue weighted by molar-refractivity contribution is -0.102. The summed E-state index contributed by atoms with van der Waals surface area (Å²) in [5, 5.41) is 10.7. The van der Waals surface area contributed by atoms with E-state index in [4.69, 9.17) is 4.74 Å². The van der Waals surface area contributed by atoms with Crippen molar-refractivity contribution in [1.29, 1.82) is 0 Å². The van der Waals surface area contributed by atoms with Crippen LogP contribution in [0, 0.1) is 0 Å². The number of carbonyl (C=O) groups is 1. The third-order valence-electron chi connectivity index (χ3n) is 7.34. The van der Waals surface area contributed by atoms with Crippen molar-refractivity contribution >= 4 is 11.6 Å². The van der Waals surface area contributed by atoms with E-state index in [2.05, 4.69) is 25.5 Å². The van der Waals surface area contributed by atoms with Crippen molar-refractivity contribution in [2.75, 3.05) is 31.6 Å². The Kier molecular flexibility index (Phi) is 5.79. The third kappa shape index (κ3) is 4.61. The molecule has 9 nitrogen and oxygen atoms in total. The number of alkyl halides is 2. The van der Waals surface area contributed by atoms with Gasteiger partial charge in [-0.05, 0) is 43.5 Å². The molecule has 1 atom stereocenters. The van der Waals surface area contributed by atoms with Crippen molar-refractivity contribution < 1.29 is 18.3 Å². The number of nitrogens with one attached hydrogen (secondary N) is 1. The van der Waals surface area contributed by atoms with E-state index in [-0.39, 0.29) is 36.6 Å². The molecule has 4 heterocycles. The van der Waals surface area contributed by atoms with Crippen LogP contribution in [0.15, 0.2) is 36.7 Å². The smallest absolute Gasteiger partial charge is 0.274 e. The van der Waals surface area contributed by atoms with Gasteiger partial charge in [-0.3, -0.25) is 9.69 Å². The molecule has 2 saturated heterocycles. The number of halogens is 2. The van der Waals surface area contributed by atoms with Crippen LogP contribution >= 0.6 is 0 Å². The van der Waals surface area contributed by atoms with E-state index >= 15 is 4.39 Å². The van der Waals surface area contributed by atoms with Gasteiger partial charge in [0, 0.05) is 38.3 Å². The van der Waals surface area contributed by atoms with Crippen molar-refractivity contribution in [2.45, 2.75) is 49.5 Å². The molecule has 3 aromatic rings. The highest BCUT2D eigenvalue weighted by molar-refractivity contribution is 6.03. The minimum absolute atomic E-state index is 0.201. The normalized spacial score (nSPS) is 21.1. The summed E-state index contributed by atoms with van der Waals surface area (Å²) < 4.78 is 36.6. The van der Waals surface area contributed by atoms with Gasteiger partial charge in [0.1, 0.15) is 23.5 Å². The van der Waals surface area contributed by atoms with E-state index in [1.165, 1.54) is 6.33 Å². The van der Waals surface area contributed by atoms with E-state index < -0.39 is 17.3 Å². The van der Waals surface area contributed by atoms with Gasteiger partial charge in [-0.2, -0.15) is 0 Å². The highest BCUT2D eigenvalue weighted by atomic mass is 19.1. The van der Waals surface area contributed by atoms with Gasteiger partial charge in [0.25, 0.3) is 5.91 Å². The fourth-order valence-electron chi connectivity index (χ4n) is 5.12. The number of likely N-dealkylation sites (tertiary alicyclic amines) is 1. The molecule has 11 heteroatoms. The molecule has 37 heavy (non-hydrogen) atoms. The number of rotatable bonds is 8. The highest BCUT2D eigenvalue weighted by Crippen LogP contribution is 2.45. The first-order valence-corrected chi connectivity index (χ1v) is 12.5. The molecule has 6 rings (SSSR count). The Hall–Kier alpha value is -3.31. The monoisotopic (exact) mass is 509 g/mol. The molecule has 2 aromatic heterocycles. The molecular formula is C26H29F2N7O2. The maximum absolute atomic E-state index is 15.7. The van der Waals surface area contributed by atoms with Crippen LogP contribution in [0.4, 0.5) is 14.5 Å². The van der Waals surface area contributed by atoms with Gasteiger partial charge >= 0.3 is 0 Å². The van der Waals surface area contributed by atoms with E-state index in [0.717, 1.165) is 12.8 Å². The average molecular weight is 510 g/mol. The SMILES string of the molecule is Cn1cnnc1[C@@H](F)C1(c2cccc(NC(=O)c3cc(CN4CC(C)(F)C4)nc(C4CC4)n3)c2)COC1. The molecular weight excluding hydrogens is 480 g/mol. The number of carbonyl (C=O) groups excluding carboxylic acids is 1. The predicted molar refractivity (Wildman–Crippen MR) is 131 cm³/mol. The number of aromatic nitrogens is 5. The number of amides is 1. The summed E-state index contributed by atoms with van der Waals surface area (Å²) >= 11 is 0. The standard InChI is InChI=1S/C26H29F2N7O2/c1-25(28)11-35(12-25)10-19-9-20(32-22(30-19)16-6-7-16)24(36)31-18-5-3-4-17(8-18)26(13-37-14-26)21(27)23-33-29-15-34(23)2/h3-5,8-9,15-16,21H,6-7,10-14H2,1-2H3,(H,31,36)/t21-/m1/s1. The first-order chi connectivity index (χ1) is 17.7. The van der Waals surface area contributed by atoms with Crippen LogP contribution in [0.25, 0.3) is 0 Å². The Labute approximate surface area is 213 Å². The van der Waals surface area contributed by atoms with Crippen molar-refractivity contribution in [3.05, 3.63) is 65.3 Å². The van der Waals surface area contributed by atoms with Crippen molar-refractivity contribution in [3.63, 3.8) is 0 Å². The van der Waals surface area contributed by atoms with Crippen LogP contribution < -0.4 is 5.32 Å². The zero-order chi connectivity index (χ0) is 25.8. The molecule has 0 spiro atoms. The van der Waals surface area contributed by atoms with Gasteiger partial charge < -0.3 is 14.6 Å². The average Bonchev–Trinajstić information content (AvgIpc) is 3.58. The van der Waals surface area contributed by atoms with E-state index in [0.29, 0.717) is 42.4 Å². The molecule has 3 fully saturated rings. The number of hydrogen-bond donors (Lipinski definition) is 1. The third-order valence-corrected chi connectivity index (χ3v) is 7.34. The van der Waals surface area contributed by atoms with Crippen LogP contribution in [0.5, 0.6) is 0 Å². The second-order valence-electron chi connectivity index (χ2n) is 10.8. The molecule has 0 radical (unpaired) electrons. The summed E-state index contributed by atoms with van der Waals surface area (Å²) in [5.41, 5.74) is 0.131. The van der Waals surface area contributed by atoms with Crippen LogP contribution in [-0.4, -0.2) is 67.5 Å². The first-order valence-electron chi connectivity index (χ1n) is 12.5. The van der Waals surface area contributed by atoms with Gasteiger partial charge in [0.05, 0.1) is 24.3 Å². The zero-order valence-electron chi connectivity index (χ0n) is 20.8. The molecule has 194 valence electrons. The maximum Gasteiger partial charge on any atom is 0.274 e. The van der Waals surface area contributed by atoms with Crippen molar-refractivity contribution in [3.8, 4) is 0 Å². The van der Waals surface area contributed by atoms with Crippen LogP contribution in [-0.2, 0) is 23.7 Å². The second-order valence-corrected chi connectivity index (χ2v) is 10.8. The lowest BCUT2D eigenvalue weighted by Crippen LogP contribution is -2.56. The first kappa shape index (κ1) is 24.1. The van der Waals surface area contributed by atoms with Crippen molar-refractivity contribution in [1.82, 2.24) is 29.6 Å². The minimum Gasteiger partial charge on any atom is -0.379 e.